The molecular weight excluding hydrogens is 277 g/mol. The van der Waals surface area contributed by atoms with Crippen molar-refractivity contribution in [1.82, 2.24) is 5.32 Å². The van der Waals surface area contributed by atoms with Crippen molar-refractivity contribution >= 4 is 5.69 Å². The maximum atomic E-state index is 13.6. The Balaban J connectivity index is 1.66. The number of fused-ring (bicyclic) bond motifs is 2. The summed E-state index contributed by atoms with van der Waals surface area (Å²) >= 11 is 0. The molecule has 1 N–H and O–H groups in total. The van der Waals surface area contributed by atoms with Crippen LogP contribution in [-0.2, 0) is 5.41 Å². The normalized spacial score (nSPS) is 28.7. The van der Waals surface area contributed by atoms with Gasteiger partial charge in [0.1, 0.15) is 5.82 Å². The minimum absolute atomic E-state index is 0.0124. The molecule has 1 unspecified atom stereocenters. The lowest BCUT2D eigenvalue weighted by atomic mass is 9.75. The fourth-order valence-corrected chi connectivity index (χ4v) is 3.98. The van der Waals surface area contributed by atoms with Crippen LogP contribution in [0, 0.1) is 11.7 Å². The van der Waals surface area contributed by atoms with E-state index in [1.807, 2.05) is 11.0 Å². The molecule has 3 aliphatic rings. The molecule has 2 nitrogen and oxygen atoms in total. The van der Waals surface area contributed by atoms with Gasteiger partial charge in [-0.15, -0.1) is 0 Å². The van der Waals surface area contributed by atoms with Crippen LogP contribution in [0.25, 0.3) is 0 Å². The Labute approximate surface area is 122 Å². The summed E-state index contributed by atoms with van der Waals surface area (Å²) in [5.74, 6) is -3.37. The summed E-state index contributed by atoms with van der Waals surface area (Å²) in [7, 11) is 0. The number of piperidine rings is 1. The largest absolute Gasteiger partial charge is 0.370 e. The molecule has 1 aromatic carbocycles. The van der Waals surface area contributed by atoms with Crippen LogP contribution >= 0.6 is 0 Å². The van der Waals surface area contributed by atoms with Crippen molar-refractivity contribution in [3.05, 3.63) is 29.6 Å². The summed E-state index contributed by atoms with van der Waals surface area (Å²) in [6.45, 7) is 2.97. The molecule has 0 amide bonds. The zero-order valence-electron chi connectivity index (χ0n) is 11.8. The highest BCUT2D eigenvalue weighted by atomic mass is 19.3. The second kappa shape index (κ2) is 4.38. The first-order chi connectivity index (χ1) is 10.0. The minimum atomic E-state index is -2.52. The number of halogens is 3. The molecule has 4 rings (SSSR count). The Morgan fingerprint density at radius 1 is 1.24 bits per heavy atom. The molecule has 1 aliphatic carbocycles. The molecule has 0 radical (unpaired) electrons. The fourth-order valence-electron chi connectivity index (χ4n) is 3.98. The second-order valence-corrected chi connectivity index (χ2v) is 6.73. The smallest absolute Gasteiger partial charge is 0.253 e. The number of nitrogens with zero attached hydrogens (tertiary/aromatic N) is 1. The average Bonchev–Trinajstić information content (AvgIpc) is 2.95. The molecule has 1 atom stereocenters. The Bertz CT molecular complexity index is 567. The molecule has 5 heteroatoms. The number of benzene rings is 1. The third kappa shape index (κ3) is 2.13. The van der Waals surface area contributed by atoms with Crippen molar-refractivity contribution in [3.63, 3.8) is 0 Å². The van der Waals surface area contributed by atoms with Gasteiger partial charge in [-0.25, -0.2) is 13.2 Å². The van der Waals surface area contributed by atoms with Crippen molar-refractivity contribution in [1.29, 1.82) is 0 Å². The van der Waals surface area contributed by atoms with Gasteiger partial charge in [-0.3, -0.25) is 0 Å². The molecule has 1 saturated carbocycles. The lowest BCUT2D eigenvalue weighted by Gasteiger charge is -2.35. The van der Waals surface area contributed by atoms with Crippen molar-refractivity contribution < 1.29 is 13.2 Å². The molecule has 0 aromatic heterocycles. The van der Waals surface area contributed by atoms with Crippen molar-refractivity contribution in [2.45, 2.75) is 30.6 Å². The van der Waals surface area contributed by atoms with Crippen LogP contribution in [0.4, 0.5) is 18.9 Å². The lowest BCUT2D eigenvalue weighted by Crippen LogP contribution is -2.43. The Hall–Kier alpha value is -1.23. The second-order valence-electron chi connectivity index (χ2n) is 6.73. The van der Waals surface area contributed by atoms with Gasteiger partial charge in [0.25, 0.3) is 5.92 Å². The Kier molecular flexibility index (Phi) is 2.80. The van der Waals surface area contributed by atoms with Crippen LogP contribution < -0.4 is 10.2 Å². The zero-order valence-corrected chi connectivity index (χ0v) is 11.8. The average molecular weight is 296 g/mol. The Morgan fingerprint density at radius 3 is 2.62 bits per heavy atom. The molecule has 21 heavy (non-hydrogen) atoms. The number of anilines is 1. The molecule has 1 spiro atoms. The standard InChI is InChI=1S/C16H19F3N2/c17-12-1-2-13-14(7-12)21(9-11-8-16(11,18)19)10-15(13)3-5-20-6-4-15/h1-2,7,11,20H,3-6,8-10H2. The zero-order chi connectivity index (χ0) is 14.7. The molecule has 0 bridgehead atoms. The summed E-state index contributed by atoms with van der Waals surface area (Å²) in [5, 5.41) is 3.35. The molecule has 114 valence electrons. The number of hydrogen-bond donors (Lipinski definition) is 1. The van der Waals surface area contributed by atoms with E-state index in [0.717, 1.165) is 43.7 Å². The molecule has 2 fully saturated rings. The maximum absolute atomic E-state index is 13.6. The van der Waals surface area contributed by atoms with E-state index in [1.165, 1.54) is 12.1 Å². The number of nitrogens with one attached hydrogen (secondary N) is 1. The van der Waals surface area contributed by atoms with Gasteiger partial charge in [-0.1, -0.05) is 6.07 Å². The van der Waals surface area contributed by atoms with Gasteiger partial charge in [-0.2, -0.15) is 0 Å². The number of rotatable bonds is 2. The number of hydrogen-bond acceptors (Lipinski definition) is 2. The van der Waals surface area contributed by atoms with Gasteiger partial charge in [0.05, 0.1) is 0 Å². The lowest BCUT2D eigenvalue weighted by molar-refractivity contribution is 0.0998. The van der Waals surface area contributed by atoms with Crippen LogP contribution in [0.5, 0.6) is 0 Å². The van der Waals surface area contributed by atoms with Crippen LogP contribution in [0.15, 0.2) is 18.2 Å². The van der Waals surface area contributed by atoms with Gasteiger partial charge in [0.15, 0.2) is 0 Å². The summed E-state index contributed by atoms with van der Waals surface area (Å²) < 4.78 is 40.1. The molecule has 2 aliphatic heterocycles. The van der Waals surface area contributed by atoms with E-state index in [4.69, 9.17) is 0 Å². The third-order valence-electron chi connectivity index (χ3n) is 5.32. The van der Waals surface area contributed by atoms with Gasteiger partial charge in [0.2, 0.25) is 0 Å². The van der Waals surface area contributed by atoms with Crippen LogP contribution in [0.2, 0.25) is 0 Å². The minimum Gasteiger partial charge on any atom is -0.370 e. The van der Waals surface area contributed by atoms with Gasteiger partial charge in [0, 0.05) is 36.5 Å². The summed E-state index contributed by atoms with van der Waals surface area (Å²) in [6, 6.07) is 4.88. The van der Waals surface area contributed by atoms with Crippen LogP contribution in [0.1, 0.15) is 24.8 Å². The first kappa shape index (κ1) is 13.4. The first-order valence-corrected chi connectivity index (χ1v) is 7.64. The monoisotopic (exact) mass is 296 g/mol. The highest BCUT2D eigenvalue weighted by Crippen LogP contribution is 2.52. The van der Waals surface area contributed by atoms with E-state index in [1.54, 1.807) is 0 Å². The van der Waals surface area contributed by atoms with Crippen LogP contribution in [0.3, 0.4) is 0 Å². The number of alkyl halides is 2. The predicted molar refractivity (Wildman–Crippen MR) is 75.4 cm³/mol. The van der Waals surface area contributed by atoms with E-state index in [9.17, 15) is 13.2 Å². The van der Waals surface area contributed by atoms with Crippen molar-refractivity contribution in [2.24, 2.45) is 5.92 Å². The van der Waals surface area contributed by atoms with Crippen molar-refractivity contribution in [2.75, 3.05) is 31.1 Å². The van der Waals surface area contributed by atoms with Gasteiger partial charge in [-0.05, 0) is 43.6 Å². The topological polar surface area (TPSA) is 15.3 Å². The van der Waals surface area contributed by atoms with E-state index < -0.39 is 11.8 Å². The maximum Gasteiger partial charge on any atom is 0.253 e. The predicted octanol–water partition coefficient (Wildman–Crippen LogP) is 2.92. The Morgan fingerprint density at radius 2 is 1.95 bits per heavy atom. The van der Waals surface area contributed by atoms with E-state index in [0.29, 0.717) is 6.54 Å². The summed E-state index contributed by atoms with van der Waals surface area (Å²) in [6.07, 6.45) is 1.95. The summed E-state index contributed by atoms with van der Waals surface area (Å²) in [5.41, 5.74) is 1.99. The highest BCUT2D eigenvalue weighted by Gasteiger charge is 2.58. The highest BCUT2D eigenvalue weighted by molar-refractivity contribution is 5.63. The molecule has 1 aromatic rings. The summed E-state index contributed by atoms with van der Waals surface area (Å²) in [4.78, 5) is 2.00. The van der Waals surface area contributed by atoms with Crippen LogP contribution in [-0.4, -0.2) is 32.1 Å². The van der Waals surface area contributed by atoms with E-state index >= 15 is 0 Å². The third-order valence-corrected chi connectivity index (χ3v) is 5.32. The molecule has 2 heterocycles. The molecular formula is C16H19F3N2. The first-order valence-electron chi connectivity index (χ1n) is 7.64. The SMILES string of the molecule is Fc1ccc2c(c1)N(CC1CC1(F)F)CC21CCNCC1. The van der Waals surface area contributed by atoms with Gasteiger partial charge < -0.3 is 10.2 Å². The quantitative estimate of drug-likeness (QED) is 0.903. The molecule has 1 saturated heterocycles. The van der Waals surface area contributed by atoms with E-state index in [-0.39, 0.29) is 17.7 Å². The van der Waals surface area contributed by atoms with Crippen molar-refractivity contribution in [3.8, 4) is 0 Å². The fraction of sp³-hybridized carbons (Fsp3) is 0.625. The van der Waals surface area contributed by atoms with Gasteiger partial charge >= 0.3 is 0 Å². The van der Waals surface area contributed by atoms with E-state index in [2.05, 4.69) is 5.32 Å².